The summed E-state index contributed by atoms with van der Waals surface area (Å²) in [5.41, 5.74) is 2.53. The molecule has 0 heterocycles. The molecule has 0 aliphatic rings. The summed E-state index contributed by atoms with van der Waals surface area (Å²) in [6, 6.07) is 6.55. The minimum Gasteiger partial charge on any atom is -0.496 e. The van der Waals surface area contributed by atoms with Crippen LogP contribution in [0.15, 0.2) is 34.8 Å². The molecule has 0 saturated carbocycles. The first-order valence-electron chi connectivity index (χ1n) is 6.35. The first-order chi connectivity index (χ1) is 8.62. The van der Waals surface area contributed by atoms with Gasteiger partial charge in [-0.15, -0.1) is 0 Å². The van der Waals surface area contributed by atoms with Crippen LogP contribution < -0.4 is 10.1 Å². The Bertz CT molecular complexity index is 403. The predicted molar refractivity (Wildman–Crippen MR) is 81.2 cm³/mol. The van der Waals surface area contributed by atoms with Gasteiger partial charge in [-0.3, -0.25) is 0 Å². The van der Waals surface area contributed by atoms with Crippen LogP contribution in [0.1, 0.15) is 38.3 Å². The van der Waals surface area contributed by atoms with Gasteiger partial charge in [0.2, 0.25) is 0 Å². The molecule has 1 unspecified atom stereocenters. The van der Waals surface area contributed by atoms with Crippen molar-refractivity contribution in [3.63, 3.8) is 0 Å². The molecule has 0 saturated heterocycles. The third-order valence-electron chi connectivity index (χ3n) is 3.02. The van der Waals surface area contributed by atoms with Gasteiger partial charge < -0.3 is 10.1 Å². The van der Waals surface area contributed by atoms with Crippen molar-refractivity contribution < 1.29 is 4.74 Å². The quantitative estimate of drug-likeness (QED) is 0.750. The van der Waals surface area contributed by atoms with Gasteiger partial charge in [-0.1, -0.05) is 32.1 Å². The molecule has 2 nitrogen and oxygen atoms in total. The lowest BCUT2D eigenvalue weighted by atomic mass is 9.98. The second-order valence-electron chi connectivity index (χ2n) is 4.31. The van der Waals surface area contributed by atoms with Crippen molar-refractivity contribution >= 4 is 15.9 Å². The second kappa shape index (κ2) is 7.59. The third-order valence-corrected chi connectivity index (χ3v) is 3.64. The SMILES string of the molecule is C=C(CC)CC(NCC)c1ccc(OC)c(Br)c1. The third kappa shape index (κ3) is 4.14. The fourth-order valence-corrected chi connectivity index (χ4v) is 2.45. The molecule has 0 bridgehead atoms. The number of nitrogens with one attached hydrogen (secondary N) is 1. The van der Waals surface area contributed by atoms with Crippen LogP contribution in [-0.2, 0) is 0 Å². The Kier molecular flexibility index (Phi) is 6.44. The molecule has 0 aliphatic heterocycles. The van der Waals surface area contributed by atoms with Gasteiger partial charge in [0, 0.05) is 6.04 Å². The van der Waals surface area contributed by atoms with Crippen LogP contribution in [0.2, 0.25) is 0 Å². The van der Waals surface area contributed by atoms with Crippen LogP contribution in [0.3, 0.4) is 0 Å². The van der Waals surface area contributed by atoms with E-state index >= 15 is 0 Å². The van der Waals surface area contributed by atoms with Crippen molar-refractivity contribution in [3.05, 3.63) is 40.4 Å². The zero-order chi connectivity index (χ0) is 13.5. The molecular formula is C15H22BrNO. The molecule has 1 aromatic rings. The average Bonchev–Trinajstić information content (AvgIpc) is 2.38. The van der Waals surface area contributed by atoms with Crippen LogP contribution >= 0.6 is 15.9 Å². The lowest BCUT2D eigenvalue weighted by molar-refractivity contribution is 0.411. The van der Waals surface area contributed by atoms with E-state index in [0.717, 1.165) is 29.6 Å². The van der Waals surface area contributed by atoms with Gasteiger partial charge in [-0.25, -0.2) is 0 Å². The van der Waals surface area contributed by atoms with Gasteiger partial charge in [-0.2, -0.15) is 0 Å². The van der Waals surface area contributed by atoms with E-state index in [1.54, 1.807) is 7.11 Å². The van der Waals surface area contributed by atoms with Gasteiger partial charge in [-0.05, 0) is 53.0 Å². The Morgan fingerprint density at radius 2 is 2.17 bits per heavy atom. The van der Waals surface area contributed by atoms with Crippen LogP contribution in [0.25, 0.3) is 0 Å². The van der Waals surface area contributed by atoms with E-state index in [2.05, 4.69) is 53.8 Å². The lowest BCUT2D eigenvalue weighted by Crippen LogP contribution is -2.21. The maximum Gasteiger partial charge on any atom is 0.133 e. The number of ether oxygens (including phenoxy) is 1. The zero-order valence-corrected chi connectivity index (χ0v) is 13.0. The molecule has 3 heteroatoms. The van der Waals surface area contributed by atoms with E-state index < -0.39 is 0 Å². The Morgan fingerprint density at radius 1 is 1.44 bits per heavy atom. The van der Waals surface area contributed by atoms with E-state index in [0.29, 0.717) is 6.04 Å². The molecule has 0 amide bonds. The highest BCUT2D eigenvalue weighted by atomic mass is 79.9. The normalized spacial score (nSPS) is 12.2. The Balaban J connectivity index is 2.91. The molecule has 100 valence electrons. The van der Waals surface area contributed by atoms with E-state index in [1.807, 2.05) is 6.07 Å². The molecule has 0 aliphatic carbocycles. The number of hydrogen-bond acceptors (Lipinski definition) is 2. The molecule has 1 N–H and O–H groups in total. The smallest absolute Gasteiger partial charge is 0.133 e. The van der Waals surface area contributed by atoms with Crippen molar-refractivity contribution in [2.24, 2.45) is 0 Å². The largest absolute Gasteiger partial charge is 0.496 e. The lowest BCUT2D eigenvalue weighted by Gasteiger charge is -2.20. The minimum atomic E-state index is 0.324. The van der Waals surface area contributed by atoms with E-state index in [-0.39, 0.29) is 0 Å². The van der Waals surface area contributed by atoms with E-state index in [9.17, 15) is 0 Å². The highest BCUT2D eigenvalue weighted by Gasteiger charge is 2.13. The van der Waals surface area contributed by atoms with Crippen molar-refractivity contribution in [1.29, 1.82) is 0 Å². The highest BCUT2D eigenvalue weighted by molar-refractivity contribution is 9.10. The molecule has 0 spiro atoms. The highest BCUT2D eigenvalue weighted by Crippen LogP contribution is 2.30. The summed E-state index contributed by atoms with van der Waals surface area (Å²) in [5.74, 6) is 0.864. The van der Waals surface area contributed by atoms with Gasteiger partial charge in [0.05, 0.1) is 11.6 Å². The first kappa shape index (κ1) is 15.3. The van der Waals surface area contributed by atoms with Crippen molar-refractivity contribution in [2.45, 2.75) is 32.7 Å². The summed E-state index contributed by atoms with van der Waals surface area (Å²) in [6.07, 6.45) is 2.00. The molecular weight excluding hydrogens is 290 g/mol. The number of methoxy groups -OCH3 is 1. The number of hydrogen-bond donors (Lipinski definition) is 1. The van der Waals surface area contributed by atoms with Crippen molar-refractivity contribution in [1.82, 2.24) is 5.32 Å². The van der Waals surface area contributed by atoms with Crippen LogP contribution in [0.4, 0.5) is 0 Å². The Morgan fingerprint density at radius 3 is 2.67 bits per heavy atom. The molecule has 0 radical (unpaired) electrons. The predicted octanol–water partition coefficient (Wildman–Crippen LogP) is 4.46. The van der Waals surface area contributed by atoms with Gasteiger partial charge in [0.1, 0.15) is 5.75 Å². The molecule has 1 atom stereocenters. The van der Waals surface area contributed by atoms with Crippen molar-refractivity contribution in [3.8, 4) is 5.75 Å². The average molecular weight is 312 g/mol. The fraction of sp³-hybridized carbons (Fsp3) is 0.467. The van der Waals surface area contributed by atoms with Crippen molar-refractivity contribution in [2.75, 3.05) is 13.7 Å². The zero-order valence-electron chi connectivity index (χ0n) is 11.4. The Hall–Kier alpha value is -0.800. The molecule has 18 heavy (non-hydrogen) atoms. The molecule has 0 fully saturated rings. The second-order valence-corrected chi connectivity index (χ2v) is 5.17. The fourth-order valence-electron chi connectivity index (χ4n) is 1.89. The van der Waals surface area contributed by atoms with E-state index in [4.69, 9.17) is 4.74 Å². The van der Waals surface area contributed by atoms with Gasteiger partial charge >= 0.3 is 0 Å². The summed E-state index contributed by atoms with van der Waals surface area (Å²) < 4.78 is 6.25. The van der Waals surface area contributed by atoms with Gasteiger partial charge in [0.15, 0.2) is 0 Å². The summed E-state index contributed by atoms with van der Waals surface area (Å²) in [7, 11) is 1.68. The first-order valence-corrected chi connectivity index (χ1v) is 7.15. The monoisotopic (exact) mass is 311 g/mol. The van der Waals surface area contributed by atoms with Gasteiger partial charge in [0.25, 0.3) is 0 Å². The summed E-state index contributed by atoms with van der Waals surface area (Å²) in [6.45, 7) is 9.32. The maximum atomic E-state index is 5.26. The van der Waals surface area contributed by atoms with Crippen LogP contribution in [-0.4, -0.2) is 13.7 Å². The molecule has 1 rings (SSSR count). The number of benzene rings is 1. The summed E-state index contributed by atoms with van der Waals surface area (Å²) in [5, 5.41) is 3.51. The molecule has 0 aromatic heterocycles. The molecule has 1 aromatic carbocycles. The summed E-state index contributed by atoms with van der Waals surface area (Å²) in [4.78, 5) is 0. The topological polar surface area (TPSA) is 21.3 Å². The number of halogens is 1. The summed E-state index contributed by atoms with van der Waals surface area (Å²) >= 11 is 3.53. The number of rotatable bonds is 7. The Labute approximate surface area is 119 Å². The van der Waals surface area contributed by atoms with Crippen LogP contribution in [0.5, 0.6) is 5.75 Å². The maximum absolute atomic E-state index is 5.26. The minimum absolute atomic E-state index is 0.324. The van der Waals surface area contributed by atoms with E-state index in [1.165, 1.54) is 11.1 Å². The standard InChI is InChI=1S/C15H22BrNO/c1-5-11(3)9-14(17-6-2)12-7-8-15(18-4)13(16)10-12/h7-8,10,14,17H,3,5-6,9H2,1-2,4H3. The van der Waals surface area contributed by atoms with Crippen LogP contribution in [0, 0.1) is 0 Å².